The number of hydrogen-bond acceptors (Lipinski definition) is 4. The predicted octanol–water partition coefficient (Wildman–Crippen LogP) is 6.44. The lowest BCUT2D eigenvalue weighted by atomic mass is 10.0. The van der Waals surface area contributed by atoms with Crippen LogP contribution >= 0.6 is 0 Å². The first kappa shape index (κ1) is 27.8. The first-order chi connectivity index (χ1) is 17.4. The van der Waals surface area contributed by atoms with Gasteiger partial charge in [-0.1, -0.05) is 12.1 Å². The molecule has 2 heterocycles. The third kappa shape index (κ3) is 7.01. The molecule has 4 nitrogen and oxygen atoms in total. The second-order valence-corrected chi connectivity index (χ2v) is 9.44. The Morgan fingerprint density at radius 1 is 0.892 bits per heavy atom. The van der Waals surface area contributed by atoms with Gasteiger partial charge in [0.15, 0.2) is 6.29 Å². The number of hydrogen-bond donors (Lipinski definition) is 0. The minimum Gasteiger partial charge on any atom is -0.349 e. The van der Waals surface area contributed by atoms with Crippen molar-refractivity contribution in [2.45, 2.75) is 50.6 Å². The van der Waals surface area contributed by atoms with Crippen LogP contribution in [0, 0.1) is 5.82 Å². The molecule has 2 aromatic carbocycles. The van der Waals surface area contributed by atoms with Crippen LogP contribution in [0.5, 0.6) is 0 Å². The molecule has 204 valence electrons. The van der Waals surface area contributed by atoms with Crippen molar-refractivity contribution in [3.63, 3.8) is 0 Å². The van der Waals surface area contributed by atoms with E-state index in [2.05, 4.69) is 9.80 Å². The van der Waals surface area contributed by atoms with Gasteiger partial charge >= 0.3 is 12.4 Å². The summed E-state index contributed by atoms with van der Waals surface area (Å²) in [5.74, 6) is -0.432. The van der Waals surface area contributed by atoms with E-state index < -0.39 is 47.7 Å². The number of morpholine rings is 1. The zero-order valence-electron chi connectivity index (χ0n) is 20.3. The first-order valence-electron chi connectivity index (χ1n) is 12.2. The highest BCUT2D eigenvalue weighted by Gasteiger charge is 2.39. The van der Waals surface area contributed by atoms with Crippen molar-refractivity contribution < 1.29 is 40.2 Å². The molecule has 2 saturated heterocycles. The maximum Gasteiger partial charge on any atom is 0.416 e. The zero-order valence-corrected chi connectivity index (χ0v) is 20.3. The average molecular weight is 535 g/mol. The molecule has 0 unspecified atom stereocenters. The summed E-state index contributed by atoms with van der Waals surface area (Å²) in [6.45, 7) is 5.66. The van der Waals surface area contributed by atoms with Gasteiger partial charge in [-0.2, -0.15) is 26.3 Å². The number of nitrogens with zero attached hydrogens (tertiary/aromatic N) is 2. The van der Waals surface area contributed by atoms with Gasteiger partial charge in [-0.05, 0) is 74.3 Å². The van der Waals surface area contributed by atoms with Crippen molar-refractivity contribution >= 4 is 0 Å². The van der Waals surface area contributed by atoms with Gasteiger partial charge in [-0.25, -0.2) is 4.39 Å². The smallest absolute Gasteiger partial charge is 0.349 e. The summed E-state index contributed by atoms with van der Waals surface area (Å²) in [5.41, 5.74) is -2.39. The number of alkyl halides is 6. The van der Waals surface area contributed by atoms with E-state index in [0.29, 0.717) is 30.8 Å². The van der Waals surface area contributed by atoms with E-state index in [0.717, 1.165) is 32.5 Å². The fourth-order valence-electron chi connectivity index (χ4n) is 4.85. The van der Waals surface area contributed by atoms with Crippen molar-refractivity contribution in [2.24, 2.45) is 0 Å². The molecule has 0 radical (unpaired) electrons. The van der Waals surface area contributed by atoms with Crippen LogP contribution < -0.4 is 0 Å². The summed E-state index contributed by atoms with van der Waals surface area (Å²) in [6, 6.07) is 6.68. The Balaban J connectivity index is 1.60. The highest BCUT2D eigenvalue weighted by molar-refractivity contribution is 5.34. The van der Waals surface area contributed by atoms with Gasteiger partial charge < -0.3 is 14.4 Å². The quantitative estimate of drug-likeness (QED) is 0.382. The van der Waals surface area contributed by atoms with Crippen LogP contribution in [0.2, 0.25) is 0 Å². The van der Waals surface area contributed by atoms with E-state index in [-0.39, 0.29) is 18.2 Å². The molecule has 37 heavy (non-hydrogen) atoms. The van der Waals surface area contributed by atoms with E-state index >= 15 is 0 Å². The normalized spacial score (nSPS) is 22.9. The van der Waals surface area contributed by atoms with Gasteiger partial charge in [-0.3, -0.25) is 4.90 Å². The van der Waals surface area contributed by atoms with E-state index in [1.54, 1.807) is 12.1 Å². The van der Waals surface area contributed by atoms with Gasteiger partial charge in [0, 0.05) is 19.6 Å². The van der Waals surface area contributed by atoms with E-state index in [9.17, 15) is 30.7 Å². The second kappa shape index (κ2) is 11.3. The van der Waals surface area contributed by atoms with Crippen molar-refractivity contribution in [2.75, 3.05) is 39.3 Å². The Morgan fingerprint density at radius 3 is 2.05 bits per heavy atom. The number of ether oxygens (including phenoxy) is 2. The van der Waals surface area contributed by atoms with Crippen LogP contribution in [0.25, 0.3) is 0 Å². The molecule has 2 aliphatic heterocycles. The summed E-state index contributed by atoms with van der Waals surface area (Å²) < 4.78 is 106. The molecule has 0 amide bonds. The van der Waals surface area contributed by atoms with Crippen LogP contribution in [0.4, 0.5) is 30.7 Å². The summed E-state index contributed by atoms with van der Waals surface area (Å²) in [5, 5.41) is 0. The molecule has 0 spiro atoms. The maximum absolute atomic E-state index is 13.6. The third-order valence-electron chi connectivity index (χ3n) is 6.84. The summed E-state index contributed by atoms with van der Waals surface area (Å²) in [6.07, 6.45) is -9.79. The van der Waals surface area contributed by atoms with Gasteiger partial charge in [-0.15, -0.1) is 0 Å². The van der Waals surface area contributed by atoms with E-state index in [4.69, 9.17) is 9.47 Å². The summed E-state index contributed by atoms with van der Waals surface area (Å²) in [4.78, 5) is 4.44. The average Bonchev–Trinajstić information content (AvgIpc) is 3.36. The van der Waals surface area contributed by atoms with Crippen molar-refractivity contribution in [1.82, 2.24) is 9.80 Å². The summed E-state index contributed by atoms with van der Waals surface area (Å²) in [7, 11) is 0. The predicted molar refractivity (Wildman–Crippen MR) is 122 cm³/mol. The van der Waals surface area contributed by atoms with Crippen molar-refractivity contribution in [3.05, 3.63) is 70.5 Å². The molecule has 2 aromatic rings. The lowest BCUT2D eigenvalue weighted by Crippen LogP contribution is -2.48. The van der Waals surface area contributed by atoms with Gasteiger partial charge in [0.2, 0.25) is 0 Å². The molecule has 0 N–H and O–H groups in total. The fourth-order valence-corrected chi connectivity index (χ4v) is 4.85. The lowest BCUT2D eigenvalue weighted by molar-refractivity contribution is -0.229. The Bertz CT molecular complexity index is 1000. The van der Waals surface area contributed by atoms with Crippen LogP contribution in [-0.2, 0) is 21.8 Å². The van der Waals surface area contributed by atoms with E-state index in [1.165, 1.54) is 19.1 Å². The molecule has 0 bridgehead atoms. The molecule has 0 aromatic heterocycles. The minimum absolute atomic E-state index is 0.0920. The Morgan fingerprint density at radius 2 is 1.49 bits per heavy atom. The highest BCUT2D eigenvalue weighted by Crippen LogP contribution is 2.39. The van der Waals surface area contributed by atoms with Crippen LogP contribution in [0.15, 0.2) is 42.5 Å². The van der Waals surface area contributed by atoms with Crippen molar-refractivity contribution in [1.29, 1.82) is 0 Å². The Hall–Kier alpha value is -2.21. The molecule has 2 fully saturated rings. The van der Waals surface area contributed by atoms with Gasteiger partial charge in [0.25, 0.3) is 0 Å². The SMILES string of the molecule is C[C@@H](O[C@H]1OCCN(CCN2CCCC2)[C@H]1c1ccc(F)cc1)c1cc(C(F)(F)F)cc(C(F)(F)F)c1. The molecule has 0 aliphatic carbocycles. The molecule has 11 heteroatoms. The molecular weight excluding hydrogens is 505 g/mol. The maximum atomic E-state index is 13.6. The number of rotatable bonds is 7. The number of likely N-dealkylation sites (tertiary alicyclic amines) is 1. The van der Waals surface area contributed by atoms with E-state index in [1.807, 2.05) is 0 Å². The zero-order chi connectivity index (χ0) is 26.8. The standard InChI is InChI=1S/C26H29F7N2O2/c1-17(19-14-20(25(28,29)30)16-21(15-19)26(31,32)33)37-24-23(18-4-6-22(27)7-5-18)35(12-13-36-24)11-10-34-8-2-3-9-34/h4-7,14-17,23-24H,2-3,8-13H2,1H3/t17-,23+,24-/m1/s1. The third-order valence-corrected chi connectivity index (χ3v) is 6.84. The molecule has 3 atom stereocenters. The second-order valence-electron chi connectivity index (χ2n) is 9.44. The largest absolute Gasteiger partial charge is 0.416 e. The number of benzene rings is 2. The topological polar surface area (TPSA) is 24.9 Å². The molecule has 2 aliphatic rings. The highest BCUT2D eigenvalue weighted by atomic mass is 19.4. The molecule has 4 rings (SSSR count). The Labute approximate surface area is 210 Å². The first-order valence-corrected chi connectivity index (χ1v) is 12.2. The lowest BCUT2D eigenvalue weighted by Gasteiger charge is -2.42. The van der Waals surface area contributed by atoms with Crippen LogP contribution in [0.3, 0.4) is 0 Å². The fraction of sp³-hybridized carbons (Fsp3) is 0.538. The van der Waals surface area contributed by atoms with Crippen molar-refractivity contribution in [3.8, 4) is 0 Å². The molecular formula is C26H29F7N2O2. The van der Waals surface area contributed by atoms with Gasteiger partial charge in [0.1, 0.15) is 5.82 Å². The minimum atomic E-state index is -4.96. The van der Waals surface area contributed by atoms with Crippen LogP contribution in [0.1, 0.15) is 54.2 Å². The summed E-state index contributed by atoms with van der Waals surface area (Å²) >= 11 is 0. The van der Waals surface area contributed by atoms with Gasteiger partial charge in [0.05, 0.1) is 29.9 Å². The Kier molecular flexibility index (Phi) is 8.47. The monoisotopic (exact) mass is 534 g/mol. The van der Waals surface area contributed by atoms with Crippen LogP contribution in [-0.4, -0.2) is 55.4 Å². The number of halogens is 7. The molecule has 0 saturated carbocycles.